The van der Waals surface area contributed by atoms with Crippen LogP contribution in [-0.4, -0.2) is 27.5 Å². The molecule has 0 bridgehead atoms. The van der Waals surface area contributed by atoms with Gasteiger partial charge in [-0.2, -0.15) is 0 Å². The van der Waals surface area contributed by atoms with Crippen LogP contribution in [0.4, 0.5) is 0 Å². The molecule has 0 radical (unpaired) electrons. The Labute approximate surface area is 166 Å². The third-order valence-electron chi connectivity index (χ3n) is 7.68. The number of hydrogen-bond donors (Lipinski definition) is 0. The third-order valence-corrected chi connectivity index (χ3v) is 12.2. The summed E-state index contributed by atoms with van der Waals surface area (Å²) in [5, 5.41) is 0.305. The lowest BCUT2D eigenvalue weighted by atomic mass is 9.62. The first-order valence-electron chi connectivity index (χ1n) is 10.8. The average molecular weight is 391 g/mol. The maximum absolute atomic E-state index is 11.2. The van der Waals surface area contributed by atoms with Crippen LogP contribution >= 0.6 is 0 Å². The maximum atomic E-state index is 11.2. The fourth-order valence-corrected chi connectivity index (χ4v) is 5.57. The topological polar surface area (TPSA) is 35.5 Å². The highest BCUT2D eigenvalue weighted by molar-refractivity contribution is 6.74. The van der Waals surface area contributed by atoms with Crippen molar-refractivity contribution in [3.8, 4) is 0 Å². The predicted molar refractivity (Wildman–Crippen MR) is 113 cm³/mol. The molecule has 3 aliphatic rings. The van der Waals surface area contributed by atoms with Gasteiger partial charge in [0.2, 0.25) is 0 Å². The number of ether oxygens (including phenoxy) is 1. The first-order valence-corrected chi connectivity index (χ1v) is 13.7. The first-order chi connectivity index (χ1) is 12.6. The van der Waals surface area contributed by atoms with Crippen LogP contribution in [0.2, 0.25) is 18.1 Å². The van der Waals surface area contributed by atoms with Crippen molar-refractivity contribution in [3.63, 3.8) is 0 Å². The Bertz CT molecular complexity index is 604. The van der Waals surface area contributed by atoms with Crippen LogP contribution in [0.25, 0.3) is 0 Å². The van der Waals surface area contributed by atoms with Crippen LogP contribution in [0.5, 0.6) is 0 Å². The number of rotatable bonds is 4. The lowest BCUT2D eigenvalue weighted by Crippen LogP contribution is -2.42. The number of allylic oxidation sites excluding steroid dienone is 1. The number of cyclic esters (lactones) is 1. The molecule has 2 fully saturated rings. The van der Waals surface area contributed by atoms with Gasteiger partial charge in [0.15, 0.2) is 8.32 Å². The van der Waals surface area contributed by atoms with Gasteiger partial charge in [-0.05, 0) is 86.4 Å². The summed E-state index contributed by atoms with van der Waals surface area (Å²) in [5.41, 5.74) is 3.13. The first kappa shape index (κ1) is 20.9. The largest absolute Gasteiger partial charge is 0.458 e. The Morgan fingerprint density at radius 2 is 1.81 bits per heavy atom. The maximum Gasteiger partial charge on any atom is 0.331 e. The zero-order chi connectivity index (χ0) is 19.7. The minimum Gasteiger partial charge on any atom is -0.458 e. The molecule has 0 amide bonds. The molecule has 3 nitrogen and oxygen atoms in total. The summed E-state index contributed by atoms with van der Waals surface area (Å²) >= 11 is 0. The van der Waals surface area contributed by atoms with E-state index in [-0.39, 0.29) is 5.97 Å². The molecule has 1 aliphatic heterocycles. The zero-order valence-electron chi connectivity index (χ0n) is 18.0. The van der Waals surface area contributed by atoms with Crippen molar-refractivity contribution in [1.29, 1.82) is 0 Å². The summed E-state index contributed by atoms with van der Waals surface area (Å²) in [4.78, 5) is 11.2. The van der Waals surface area contributed by atoms with Crippen molar-refractivity contribution in [1.82, 2.24) is 0 Å². The predicted octanol–water partition coefficient (Wildman–Crippen LogP) is 6.17. The molecule has 1 heterocycles. The highest BCUT2D eigenvalue weighted by Crippen LogP contribution is 2.50. The second-order valence-corrected chi connectivity index (χ2v) is 15.5. The summed E-state index contributed by atoms with van der Waals surface area (Å²) in [6.45, 7) is 13.1. The Morgan fingerprint density at radius 1 is 1.19 bits per heavy atom. The molecule has 3 rings (SSSR count). The van der Waals surface area contributed by atoms with Gasteiger partial charge < -0.3 is 9.16 Å². The Morgan fingerprint density at radius 3 is 2.33 bits per heavy atom. The smallest absolute Gasteiger partial charge is 0.331 e. The van der Waals surface area contributed by atoms with Crippen molar-refractivity contribution < 1.29 is 14.0 Å². The van der Waals surface area contributed by atoms with Gasteiger partial charge >= 0.3 is 5.97 Å². The fourth-order valence-electron chi connectivity index (χ4n) is 4.48. The molecule has 0 atom stereocenters. The Kier molecular flexibility index (Phi) is 6.07. The van der Waals surface area contributed by atoms with E-state index >= 15 is 0 Å². The van der Waals surface area contributed by atoms with E-state index in [1.807, 2.05) is 0 Å². The van der Waals surface area contributed by atoms with E-state index in [9.17, 15) is 4.79 Å². The number of carbonyl (C=O) groups excluding carboxylic acids is 1. The Balaban J connectivity index is 1.45. The van der Waals surface area contributed by atoms with E-state index in [1.165, 1.54) is 56.9 Å². The van der Waals surface area contributed by atoms with Gasteiger partial charge in [0.05, 0.1) is 0 Å². The van der Waals surface area contributed by atoms with Gasteiger partial charge in [-0.15, -0.1) is 0 Å². The second-order valence-electron chi connectivity index (χ2n) is 10.6. The molecule has 2 aliphatic carbocycles. The fraction of sp³-hybridized carbons (Fsp3) is 0.783. The molecule has 0 N–H and O–H groups in total. The molecule has 0 aromatic heterocycles. The number of hydrogen-bond acceptors (Lipinski definition) is 3. The molecule has 0 aromatic carbocycles. The van der Waals surface area contributed by atoms with Gasteiger partial charge in [0, 0.05) is 12.7 Å². The summed E-state index contributed by atoms with van der Waals surface area (Å²) in [7, 11) is -1.62. The van der Waals surface area contributed by atoms with Crippen LogP contribution in [0.3, 0.4) is 0 Å². The standard InChI is InChI=1S/C23H38O3Si/c1-22(2,3)27(4,5)26-17-19-8-12-23(13-9-19)10-6-18(7-11-23)14-20-15-21(24)25-16-20/h14-15,19H,6-13,16-17H2,1-5H3. The molecule has 0 saturated heterocycles. The van der Waals surface area contributed by atoms with Crippen LogP contribution < -0.4 is 0 Å². The summed E-state index contributed by atoms with van der Waals surface area (Å²) in [6.07, 6.45) is 14.3. The van der Waals surface area contributed by atoms with Crippen LogP contribution in [0.1, 0.15) is 72.1 Å². The minimum atomic E-state index is -1.62. The molecular weight excluding hydrogens is 352 g/mol. The summed E-state index contributed by atoms with van der Waals surface area (Å²) in [5.74, 6) is 0.570. The van der Waals surface area contributed by atoms with Crippen molar-refractivity contribution in [2.24, 2.45) is 11.3 Å². The van der Waals surface area contributed by atoms with Crippen molar-refractivity contribution in [2.75, 3.05) is 13.2 Å². The molecule has 27 heavy (non-hydrogen) atoms. The third kappa shape index (κ3) is 5.14. The summed E-state index contributed by atoms with van der Waals surface area (Å²) < 4.78 is 11.5. The van der Waals surface area contributed by atoms with Crippen molar-refractivity contribution in [3.05, 3.63) is 23.3 Å². The van der Waals surface area contributed by atoms with Crippen LogP contribution in [0.15, 0.2) is 23.3 Å². The van der Waals surface area contributed by atoms with Crippen LogP contribution in [0, 0.1) is 11.3 Å². The highest BCUT2D eigenvalue weighted by Gasteiger charge is 2.40. The monoisotopic (exact) mass is 390 g/mol. The SMILES string of the molecule is CC(C)(C)[Si](C)(C)OCC1CCC2(CCC(=CC3=CC(=O)OC3)CC2)CC1. The Hall–Kier alpha value is -0.873. The highest BCUT2D eigenvalue weighted by atomic mass is 28.4. The van der Waals surface area contributed by atoms with Gasteiger partial charge in [-0.1, -0.05) is 32.4 Å². The van der Waals surface area contributed by atoms with E-state index < -0.39 is 8.32 Å². The van der Waals surface area contributed by atoms with Crippen LogP contribution in [-0.2, 0) is 14.0 Å². The van der Waals surface area contributed by atoms with Crippen molar-refractivity contribution in [2.45, 2.75) is 90.3 Å². The van der Waals surface area contributed by atoms with Gasteiger partial charge in [0.25, 0.3) is 0 Å². The van der Waals surface area contributed by atoms with E-state index in [0.29, 0.717) is 17.1 Å². The zero-order valence-corrected chi connectivity index (χ0v) is 19.0. The second kappa shape index (κ2) is 7.86. The average Bonchev–Trinajstić information content (AvgIpc) is 3.01. The lowest BCUT2D eigenvalue weighted by molar-refractivity contribution is -0.134. The molecule has 0 unspecified atom stereocenters. The summed E-state index contributed by atoms with van der Waals surface area (Å²) in [6, 6.07) is 0. The van der Waals surface area contributed by atoms with E-state index in [4.69, 9.17) is 9.16 Å². The van der Waals surface area contributed by atoms with Gasteiger partial charge in [-0.25, -0.2) is 4.79 Å². The molecule has 4 heteroatoms. The number of carbonyl (C=O) groups is 1. The molecule has 2 saturated carbocycles. The molecular formula is C23H38O3Si. The quantitative estimate of drug-likeness (QED) is 0.425. The van der Waals surface area contributed by atoms with Crippen molar-refractivity contribution >= 4 is 14.3 Å². The molecule has 152 valence electrons. The van der Waals surface area contributed by atoms with Gasteiger partial charge in [0.1, 0.15) is 6.61 Å². The van der Waals surface area contributed by atoms with E-state index in [1.54, 1.807) is 6.08 Å². The van der Waals surface area contributed by atoms with E-state index in [0.717, 1.165) is 18.1 Å². The minimum absolute atomic E-state index is 0.188. The lowest BCUT2D eigenvalue weighted by Gasteiger charge is -2.44. The molecule has 1 spiro atoms. The normalized spacial score (nSPS) is 29.7. The van der Waals surface area contributed by atoms with E-state index in [2.05, 4.69) is 39.9 Å². The van der Waals surface area contributed by atoms with Gasteiger partial charge in [-0.3, -0.25) is 0 Å². The number of esters is 1. The molecule has 0 aromatic rings.